The average molecular weight is 329 g/mol. The van der Waals surface area contributed by atoms with Crippen molar-refractivity contribution < 1.29 is 9.53 Å². The van der Waals surface area contributed by atoms with E-state index in [9.17, 15) is 4.79 Å². The molecule has 4 nitrogen and oxygen atoms in total. The molecule has 1 aliphatic carbocycles. The zero-order valence-electron chi connectivity index (χ0n) is 14.6. The summed E-state index contributed by atoms with van der Waals surface area (Å²) < 4.78 is 5.62. The molecule has 5 heteroatoms. The molecule has 1 spiro atoms. The third-order valence-corrected chi connectivity index (χ3v) is 5.45. The zero-order chi connectivity index (χ0) is 16.2. The van der Waals surface area contributed by atoms with Gasteiger partial charge in [-0.15, -0.1) is 0 Å². The fourth-order valence-corrected chi connectivity index (χ4v) is 3.98. The lowest BCUT2D eigenvalue weighted by Gasteiger charge is -2.54. The first-order chi connectivity index (χ1) is 10.4. The van der Waals surface area contributed by atoms with Crippen LogP contribution in [0.25, 0.3) is 0 Å². The average Bonchev–Trinajstić information content (AvgIpc) is 2.39. The van der Waals surface area contributed by atoms with E-state index in [0.29, 0.717) is 6.04 Å². The predicted octanol–water partition coefficient (Wildman–Crippen LogP) is 3.65. The first kappa shape index (κ1) is 17.9. The lowest BCUT2D eigenvalue weighted by Crippen LogP contribution is -2.63. The Bertz CT molecular complexity index is 377. The van der Waals surface area contributed by atoms with E-state index in [2.05, 4.69) is 11.6 Å². The molecule has 1 saturated carbocycles. The van der Waals surface area contributed by atoms with Crippen LogP contribution >= 0.6 is 11.8 Å². The summed E-state index contributed by atoms with van der Waals surface area (Å²) in [6, 6.07) is 0.556. The lowest BCUT2D eigenvalue weighted by molar-refractivity contribution is -0.0492. The van der Waals surface area contributed by atoms with Crippen LogP contribution < -0.4 is 5.32 Å². The fraction of sp³-hybridized carbons (Fsp3) is 0.941. The molecule has 0 bridgehead atoms. The summed E-state index contributed by atoms with van der Waals surface area (Å²) in [7, 11) is 0. The van der Waals surface area contributed by atoms with Gasteiger partial charge in [0.15, 0.2) is 0 Å². The topological polar surface area (TPSA) is 41.6 Å². The molecule has 0 aromatic heterocycles. The maximum Gasteiger partial charge on any atom is 0.410 e. The predicted molar refractivity (Wildman–Crippen MR) is 93.5 cm³/mol. The number of nitrogens with one attached hydrogen (secondary N) is 1. The van der Waals surface area contributed by atoms with Crippen molar-refractivity contribution in [1.29, 1.82) is 0 Å². The van der Waals surface area contributed by atoms with E-state index in [1.165, 1.54) is 18.6 Å². The molecule has 1 unspecified atom stereocenters. The summed E-state index contributed by atoms with van der Waals surface area (Å²) >= 11 is 1.90. The van der Waals surface area contributed by atoms with Crippen LogP contribution in [0.15, 0.2) is 0 Å². The summed E-state index contributed by atoms with van der Waals surface area (Å²) in [5.74, 6) is 1.22. The van der Waals surface area contributed by atoms with Gasteiger partial charge in [0.05, 0.1) is 0 Å². The smallest absolute Gasteiger partial charge is 0.410 e. The van der Waals surface area contributed by atoms with Crippen molar-refractivity contribution in [2.45, 2.75) is 76.5 Å². The molecule has 2 aliphatic rings. The van der Waals surface area contributed by atoms with Gasteiger partial charge in [0, 0.05) is 18.1 Å². The summed E-state index contributed by atoms with van der Waals surface area (Å²) in [4.78, 5) is 14.5. The fourth-order valence-electron chi connectivity index (χ4n) is 3.55. The van der Waals surface area contributed by atoms with E-state index in [0.717, 1.165) is 38.8 Å². The van der Waals surface area contributed by atoms with Crippen molar-refractivity contribution in [2.75, 3.05) is 25.1 Å². The number of piperidine rings is 1. The Morgan fingerprint density at radius 1 is 1.41 bits per heavy atom. The number of amides is 1. The van der Waals surface area contributed by atoms with Gasteiger partial charge in [0.25, 0.3) is 0 Å². The maximum atomic E-state index is 12.5. The van der Waals surface area contributed by atoms with Gasteiger partial charge in [-0.1, -0.05) is 0 Å². The molecule has 1 N–H and O–H groups in total. The molecule has 0 aromatic rings. The SMILES string of the molecule is CSCCCNC1CCN(C(=O)OC(C)(C)C)C2(CCC2)C1. The Kier molecular flexibility index (Phi) is 6.06. The quantitative estimate of drug-likeness (QED) is 0.782. The van der Waals surface area contributed by atoms with Crippen LogP contribution in [0.2, 0.25) is 0 Å². The van der Waals surface area contributed by atoms with Crippen molar-refractivity contribution in [1.82, 2.24) is 10.2 Å². The highest BCUT2D eigenvalue weighted by molar-refractivity contribution is 7.98. The molecule has 0 aromatic carbocycles. The second-order valence-corrected chi connectivity index (χ2v) is 8.69. The second-order valence-electron chi connectivity index (χ2n) is 7.70. The van der Waals surface area contributed by atoms with Gasteiger partial charge in [-0.3, -0.25) is 0 Å². The molecule has 1 aliphatic heterocycles. The number of likely N-dealkylation sites (tertiary alicyclic amines) is 1. The second kappa shape index (κ2) is 7.43. The first-order valence-corrected chi connectivity index (χ1v) is 9.99. The third kappa shape index (κ3) is 4.54. The van der Waals surface area contributed by atoms with Gasteiger partial charge in [0.2, 0.25) is 0 Å². The number of nitrogens with zero attached hydrogens (tertiary/aromatic N) is 1. The molecule has 1 atom stereocenters. The van der Waals surface area contributed by atoms with Crippen molar-refractivity contribution in [3.63, 3.8) is 0 Å². The molecule has 0 radical (unpaired) electrons. The summed E-state index contributed by atoms with van der Waals surface area (Å²) in [5, 5.41) is 3.70. The Labute approximate surface area is 139 Å². The number of carbonyl (C=O) groups excluding carboxylic acids is 1. The molecular weight excluding hydrogens is 296 g/mol. The molecule has 1 heterocycles. The largest absolute Gasteiger partial charge is 0.444 e. The first-order valence-electron chi connectivity index (χ1n) is 8.59. The van der Waals surface area contributed by atoms with Crippen LogP contribution in [-0.2, 0) is 4.74 Å². The highest BCUT2D eigenvalue weighted by Gasteiger charge is 2.49. The lowest BCUT2D eigenvalue weighted by atomic mass is 9.69. The summed E-state index contributed by atoms with van der Waals surface area (Å²) in [5.41, 5.74) is -0.341. The van der Waals surface area contributed by atoms with Crippen molar-refractivity contribution >= 4 is 17.9 Å². The molecule has 22 heavy (non-hydrogen) atoms. The molecule has 1 saturated heterocycles. The standard InChI is InChI=1S/C17H32N2O2S/c1-16(2,3)21-15(20)19-11-7-14(18-10-6-12-22-4)13-17(19)8-5-9-17/h14,18H,5-13H2,1-4H3. The Morgan fingerprint density at radius 3 is 2.68 bits per heavy atom. The molecule has 2 rings (SSSR count). The molecular formula is C17H32N2O2S. The van der Waals surface area contributed by atoms with Gasteiger partial charge < -0.3 is 15.0 Å². The van der Waals surface area contributed by atoms with Crippen LogP contribution in [0, 0.1) is 0 Å². The van der Waals surface area contributed by atoms with E-state index < -0.39 is 5.60 Å². The highest BCUT2D eigenvalue weighted by atomic mass is 32.2. The monoisotopic (exact) mass is 328 g/mol. The number of rotatable bonds is 5. The highest BCUT2D eigenvalue weighted by Crippen LogP contribution is 2.45. The van der Waals surface area contributed by atoms with E-state index >= 15 is 0 Å². The minimum Gasteiger partial charge on any atom is -0.444 e. The van der Waals surface area contributed by atoms with Gasteiger partial charge in [-0.2, -0.15) is 11.8 Å². The van der Waals surface area contributed by atoms with Crippen molar-refractivity contribution in [3.05, 3.63) is 0 Å². The molecule has 128 valence electrons. The number of hydrogen-bond donors (Lipinski definition) is 1. The number of carbonyl (C=O) groups is 1. The normalized spacial score (nSPS) is 24.2. The van der Waals surface area contributed by atoms with E-state index in [4.69, 9.17) is 4.74 Å². The summed E-state index contributed by atoms with van der Waals surface area (Å²) in [6.07, 6.45) is 8.89. The van der Waals surface area contributed by atoms with E-state index in [-0.39, 0.29) is 11.6 Å². The number of ether oxygens (including phenoxy) is 1. The zero-order valence-corrected chi connectivity index (χ0v) is 15.4. The van der Waals surface area contributed by atoms with Gasteiger partial charge >= 0.3 is 6.09 Å². The van der Waals surface area contributed by atoms with Crippen LogP contribution in [-0.4, -0.2) is 53.3 Å². The van der Waals surface area contributed by atoms with Gasteiger partial charge in [-0.25, -0.2) is 4.79 Å². The van der Waals surface area contributed by atoms with Crippen molar-refractivity contribution in [2.24, 2.45) is 0 Å². The minimum absolute atomic E-state index is 0.0672. The van der Waals surface area contributed by atoms with E-state index in [1.54, 1.807) is 0 Å². The van der Waals surface area contributed by atoms with Crippen LogP contribution in [0.1, 0.15) is 59.3 Å². The van der Waals surface area contributed by atoms with Crippen LogP contribution in [0.3, 0.4) is 0 Å². The molecule has 1 amide bonds. The third-order valence-electron chi connectivity index (χ3n) is 4.76. The van der Waals surface area contributed by atoms with Crippen LogP contribution in [0.5, 0.6) is 0 Å². The minimum atomic E-state index is -0.408. The van der Waals surface area contributed by atoms with Crippen LogP contribution in [0.4, 0.5) is 4.79 Å². The van der Waals surface area contributed by atoms with Gasteiger partial charge in [0.1, 0.15) is 5.60 Å². The maximum absolute atomic E-state index is 12.5. The Morgan fingerprint density at radius 2 is 2.14 bits per heavy atom. The molecule has 2 fully saturated rings. The number of thioether (sulfide) groups is 1. The number of hydrogen-bond acceptors (Lipinski definition) is 4. The van der Waals surface area contributed by atoms with E-state index in [1.807, 2.05) is 37.4 Å². The Balaban J connectivity index is 1.88. The Hall–Kier alpha value is -0.420. The summed E-state index contributed by atoms with van der Waals surface area (Å²) in [6.45, 7) is 7.75. The van der Waals surface area contributed by atoms with Gasteiger partial charge in [-0.05, 0) is 77.8 Å². The van der Waals surface area contributed by atoms with Crippen molar-refractivity contribution in [3.8, 4) is 0 Å².